The van der Waals surface area contributed by atoms with Crippen molar-refractivity contribution in [2.45, 2.75) is 71.6 Å². The third-order valence-electron chi connectivity index (χ3n) is 6.42. The fourth-order valence-corrected chi connectivity index (χ4v) is 5.35. The summed E-state index contributed by atoms with van der Waals surface area (Å²) in [4.78, 5) is 20.1. The summed E-state index contributed by atoms with van der Waals surface area (Å²) in [7, 11) is -1.12. The highest BCUT2D eigenvalue weighted by atomic mass is 28.3. The summed E-state index contributed by atoms with van der Waals surface area (Å²) in [5, 5.41) is 0. The highest BCUT2D eigenvalue weighted by Crippen LogP contribution is 2.37. The van der Waals surface area contributed by atoms with Gasteiger partial charge in [-0.3, -0.25) is 14.7 Å². The molecule has 5 nitrogen and oxygen atoms in total. The van der Waals surface area contributed by atoms with Crippen molar-refractivity contribution in [2.24, 2.45) is 16.8 Å². The molecule has 1 aromatic rings. The lowest BCUT2D eigenvalue weighted by Gasteiger charge is -2.31. The van der Waals surface area contributed by atoms with Crippen molar-refractivity contribution in [3.63, 3.8) is 0 Å². The maximum atomic E-state index is 12.9. The van der Waals surface area contributed by atoms with Gasteiger partial charge in [0.2, 0.25) is 5.78 Å². The molecular weight excluding hydrogens is 378 g/mol. The fourth-order valence-electron chi connectivity index (χ4n) is 4.59. The van der Waals surface area contributed by atoms with E-state index >= 15 is 0 Å². The van der Waals surface area contributed by atoms with Crippen LogP contribution in [-0.2, 0) is 18.0 Å². The van der Waals surface area contributed by atoms with E-state index in [2.05, 4.69) is 47.1 Å². The van der Waals surface area contributed by atoms with Crippen LogP contribution in [0.2, 0.25) is 25.7 Å². The number of ether oxygens (including phenoxy) is 1. The number of Topliss-reactive ketones (excluding diaryl/α,β-unsaturated/α-hetero) is 1. The number of carbonyl (C=O) groups is 1. The van der Waals surface area contributed by atoms with E-state index < -0.39 is 8.07 Å². The van der Waals surface area contributed by atoms with E-state index in [-0.39, 0.29) is 5.78 Å². The molecule has 6 heteroatoms. The number of hydrogen-bond donors (Lipinski definition) is 0. The van der Waals surface area contributed by atoms with E-state index in [0.29, 0.717) is 19.2 Å². The number of ketones is 1. The average Bonchev–Trinajstić information content (AvgIpc) is 3.41. The van der Waals surface area contributed by atoms with E-state index in [1.54, 1.807) is 0 Å². The molecule has 0 bridgehead atoms. The van der Waals surface area contributed by atoms with Gasteiger partial charge < -0.3 is 9.30 Å². The molecule has 0 unspecified atom stereocenters. The first-order chi connectivity index (χ1) is 13.8. The Hall–Kier alpha value is -1.24. The third kappa shape index (κ3) is 5.09. The first kappa shape index (κ1) is 21.0. The predicted octanol–water partition coefficient (Wildman–Crippen LogP) is 4.43. The van der Waals surface area contributed by atoms with Gasteiger partial charge in [0.25, 0.3) is 0 Å². The summed E-state index contributed by atoms with van der Waals surface area (Å²) in [5.74, 6) is 1.46. The molecule has 0 radical (unpaired) electrons. The summed E-state index contributed by atoms with van der Waals surface area (Å²) < 4.78 is 8.30. The van der Waals surface area contributed by atoms with Gasteiger partial charge in [-0.15, -0.1) is 0 Å². The van der Waals surface area contributed by atoms with Gasteiger partial charge in [0.1, 0.15) is 13.3 Å². The summed E-state index contributed by atoms with van der Waals surface area (Å²) in [6.07, 6.45) is 5.01. The maximum Gasteiger partial charge on any atom is 0.201 e. The molecule has 1 atom stereocenters. The van der Waals surface area contributed by atoms with Gasteiger partial charge in [-0.1, -0.05) is 26.6 Å². The maximum absolute atomic E-state index is 12.9. The van der Waals surface area contributed by atoms with E-state index in [1.807, 2.05) is 0 Å². The molecule has 0 aromatic carbocycles. The van der Waals surface area contributed by atoms with Crippen LogP contribution in [0.1, 0.15) is 54.4 Å². The quantitative estimate of drug-likeness (QED) is 0.466. The standard InChI is InChI=1S/C23H37N3O2Si/c1-17-6-5-9-25(14-17)15-19-12-20-22(18-7-8-18)24-13-21(27)23(20)26(19)16-28-10-11-29(2,3)4/h12,17-18H,5-11,13-16H2,1-4H3/t17-/m0/s1. The van der Waals surface area contributed by atoms with E-state index in [4.69, 9.17) is 4.74 Å². The second-order valence-electron chi connectivity index (χ2n) is 10.6. The van der Waals surface area contributed by atoms with Crippen LogP contribution < -0.4 is 0 Å². The molecule has 160 valence electrons. The lowest BCUT2D eigenvalue weighted by Crippen LogP contribution is -2.34. The van der Waals surface area contributed by atoms with Crippen molar-refractivity contribution in [3.05, 3.63) is 23.0 Å². The van der Waals surface area contributed by atoms with Crippen molar-refractivity contribution >= 4 is 19.6 Å². The zero-order valence-corrected chi connectivity index (χ0v) is 19.7. The Bertz CT molecular complexity index is 789. The monoisotopic (exact) mass is 415 g/mol. The Morgan fingerprint density at radius 3 is 2.72 bits per heavy atom. The number of aromatic nitrogens is 1. The average molecular weight is 416 g/mol. The largest absolute Gasteiger partial charge is 0.361 e. The SMILES string of the molecule is C[C@H]1CCCN(Cc2cc3c(n2COCC[Si](C)(C)C)C(=O)CN=C3C2CC2)C1. The first-order valence-electron chi connectivity index (χ1n) is 11.4. The topological polar surface area (TPSA) is 46.8 Å². The van der Waals surface area contributed by atoms with Gasteiger partial charge in [0, 0.05) is 50.7 Å². The molecule has 0 spiro atoms. The van der Waals surface area contributed by atoms with Crippen LogP contribution in [0.15, 0.2) is 11.1 Å². The van der Waals surface area contributed by atoms with Crippen LogP contribution >= 0.6 is 0 Å². The Kier molecular flexibility index (Phi) is 6.14. The molecule has 1 saturated heterocycles. The predicted molar refractivity (Wildman–Crippen MR) is 121 cm³/mol. The van der Waals surface area contributed by atoms with Crippen molar-refractivity contribution in [1.82, 2.24) is 9.47 Å². The Morgan fingerprint density at radius 2 is 2.03 bits per heavy atom. The normalized spacial score (nSPS) is 23.2. The number of rotatable bonds is 8. The fraction of sp³-hybridized carbons (Fsp3) is 0.739. The number of nitrogens with zero attached hydrogens (tertiary/aromatic N) is 3. The van der Waals surface area contributed by atoms with Gasteiger partial charge in [0.05, 0.1) is 5.69 Å². The molecule has 1 saturated carbocycles. The van der Waals surface area contributed by atoms with Crippen molar-refractivity contribution < 1.29 is 9.53 Å². The van der Waals surface area contributed by atoms with Gasteiger partial charge >= 0.3 is 0 Å². The number of fused-ring (bicyclic) bond motifs is 1. The molecular formula is C23H37N3O2Si. The second-order valence-corrected chi connectivity index (χ2v) is 16.2. The molecule has 2 aliphatic heterocycles. The van der Waals surface area contributed by atoms with Crippen molar-refractivity contribution in [2.75, 3.05) is 26.2 Å². The third-order valence-corrected chi connectivity index (χ3v) is 8.13. The van der Waals surface area contributed by atoms with Crippen LogP contribution in [0.5, 0.6) is 0 Å². The van der Waals surface area contributed by atoms with Gasteiger partial charge in [0.15, 0.2) is 0 Å². The van der Waals surface area contributed by atoms with Gasteiger partial charge in [-0.25, -0.2) is 0 Å². The van der Waals surface area contributed by atoms with Crippen molar-refractivity contribution in [1.29, 1.82) is 0 Å². The number of piperidine rings is 1. The minimum atomic E-state index is -1.12. The molecule has 0 amide bonds. The van der Waals surface area contributed by atoms with Crippen LogP contribution in [0.4, 0.5) is 0 Å². The minimum Gasteiger partial charge on any atom is -0.361 e. The smallest absolute Gasteiger partial charge is 0.201 e. The van der Waals surface area contributed by atoms with Crippen LogP contribution in [0.3, 0.4) is 0 Å². The Labute approximate surface area is 176 Å². The van der Waals surface area contributed by atoms with E-state index in [0.717, 1.165) is 49.5 Å². The van der Waals surface area contributed by atoms with Crippen LogP contribution in [-0.4, -0.2) is 55.3 Å². The zero-order valence-electron chi connectivity index (χ0n) is 18.7. The molecule has 1 aromatic heterocycles. The zero-order chi connectivity index (χ0) is 20.6. The van der Waals surface area contributed by atoms with Crippen molar-refractivity contribution in [3.8, 4) is 0 Å². The summed E-state index contributed by atoms with van der Waals surface area (Å²) in [6, 6.07) is 3.41. The summed E-state index contributed by atoms with van der Waals surface area (Å²) in [6.45, 7) is 14.2. The first-order valence-corrected chi connectivity index (χ1v) is 15.1. The Morgan fingerprint density at radius 1 is 1.24 bits per heavy atom. The van der Waals surface area contributed by atoms with Gasteiger partial charge in [-0.05, 0) is 50.3 Å². The van der Waals surface area contributed by atoms with E-state index in [9.17, 15) is 4.79 Å². The summed E-state index contributed by atoms with van der Waals surface area (Å²) in [5.41, 5.74) is 4.35. The second kappa shape index (κ2) is 8.48. The lowest BCUT2D eigenvalue weighted by atomic mass is 10.00. The Balaban J connectivity index is 1.57. The van der Waals surface area contributed by atoms with Gasteiger partial charge in [-0.2, -0.15) is 0 Å². The van der Waals surface area contributed by atoms with E-state index in [1.165, 1.54) is 37.1 Å². The molecule has 0 N–H and O–H groups in total. The molecule has 3 heterocycles. The lowest BCUT2D eigenvalue weighted by molar-refractivity contribution is 0.0764. The summed E-state index contributed by atoms with van der Waals surface area (Å²) >= 11 is 0. The number of aliphatic imine (C=N–C) groups is 1. The highest BCUT2D eigenvalue weighted by molar-refractivity contribution is 6.76. The van der Waals surface area contributed by atoms with Crippen LogP contribution in [0, 0.1) is 11.8 Å². The molecule has 3 aliphatic rings. The number of hydrogen-bond acceptors (Lipinski definition) is 4. The highest BCUT2D eigenvalue weighted by Gasteiger charge is 2.36. The number of carbonyl (C=O) groups excluding carboxylic acids is 1. The number of likely N-dealkylation sites (tertiary alicyclic amines) is 1. The molecule has 2 fully saturated rings. The van der Waals surface area contributed by atoms with Crippen LogP contribution in [0.25, 0.3) is 0 Å². The molecule has 1 aliphatic carbocycles. The molecule has 29 heavy (non-hydrogen) atoms. The molecule has 4 rings (SSSR count). The minimum absolute atomic E-state index is 0.149.